The Morgan fingerprint density at radius 3 is 2.73 bits per heavy atom. The van der Waals surface area contributed by atoms with E-state index >= 15 is 0 Å². The Balaban J connectivity index is 2.69. The largest absolute Gasteiger partial charge is 0.355 e. The van der Waals surface area contributed by atoms with Crippen molar-refractivity contribution in [2.75, 3.05) is 0 Å². The molecule has 0 aromatic carbocycles. The second-order valence-electron chi connectivity index (χ2n) is 2.98. The van der Waals surface area contributed by atoms with Gasteiger partial charge in [0.05, 0.1) is 17.4 Å². The summed E-state index contributed by atoms with van der Waals surface area (Å²) in [5, 5.41) is 23.6. The zero-order valence-corrected chi connectivity index (χ0v) is 10.7. The van der Waals surface area contributed by atoms with E-state index < -0.39 is 9.58 Å². The Morgan fingerprint density at radius 2 is 2.33 bits per heavy atom. The summed E-state index contributed by atoms with van der Waals surface area (Å²) in [6.45, 7) is 1.75. The average molecular weight is 290 g/mol. The number of alkyl halides is 3. The van der Waals surface area contributed by atoms with Crippen molar-refractivity contribution in [3.63, 3.8) is 0 Å². The van der Waals surface area contributed by atoms with E-state index in [-0.39, 0.29) is 11.7 Å². The van der Waals surface area contributed by atoms with Crippen LogP contribution in [0, 0.1) is 10.7 Å². The zero-order valence-electron chi connectivity index (χ0n) is 7.58. The fourth-order valence-electron chi connectivity index (χ4n) is 0.961. The first-order valence-corrected chi connectivity index (χ1v) is 5.90. The predicted molar refractivity (Wildman–Crippen MR) is 61.0 cm³/mol. The van der Waals surface area contributed by atoms with Gasteiger partial charge in [-0.25, -0.2) is 0 Å². The van der Waals surface area contributed by atoms with Crippen LogP contribution in [-0.2, 0) is 4.84 Å². The molecule has 2 unspecified atom stereocenters. The van der Waals surface area contributed by atoms with Crippen LogP contribution in [0.3, 0.4) is 0 Å². The van der Waals surface area contributed by atoms with Gasteiger partial charge in [-0.05, 0) is 18.7 Å². The Kier molecular flexibility index (Phi) is 4.01. The second-order valence-corrected chi connectivity index (χ2v) is 6.39. The van der Waals surface area contributed by atoms with Crippen molar-refractivity contribution >= 4 is 52.3 Å². The van der Waals surface area contributed by atoms with E-state index in [4.69, 9.17) is 44.9 Å². The minimum absolute atomic E-state index is 0.0284. The Morgan fingerprint density at radius 1 is 1.73 bits per heavy atom. The van der Waals surface area contributed by atoms with Gasteiger partial charge in [-0.2, -0.15) is 5.26 Å². The predicted octanol–water partition coefficient (Wildman–Crippen LogP) is 2.42. The van der Waals surface area contributed by atoms with Crippen LogP contribution in [0.1, 0.15) is 13.3 Å². The molecular formula is C7H7Cl3N2O2S. The summed E-state index contributed by atoms with van der Waals surface area (Å²) < 4.78 is -1.98. The fraction of sp³-hybridized carbons (Fsp3) is 0.714. The first kappa shape index (κ1) is 13.2. The molecule has 0 aromatic rings. The second kappa shape index (κ2) is 4.56. The van der Waals surface area contributed by atoms with Gasteiger partial charge in [0.1, 0.15) is 5.40 Å². The number of hydrogen-bond donors (Lipinski definition) is 1. The van der Waals surface area contributed by atoms with Crippen LogP contribution in [0.5, 0.6) is 0 Å². The Labute approximate surface area is 106 Å². The van der Waals surface area contributed by atoms with E-state index in [1.54, 1.807) is 6.92 Å². The summed E-state index contributed by atoms with van der Waals surface area (Å²) in [6.07, 6.45) is -0.0284. The zero-order chi connectivity index (χ0) is 11.7. The number of thioether (sulfide) groups is 1. The summed E-state index contributed by atoms with van der Waals surface area (Å²) in [4.78, 5) is 4.71. The Bertz CT molecular complexity index is 325. The van der Waals surface area contributed by atoms with E-state index in [9.17, 15) is 5.11 Å². The van der Waals surface area contributed by atoms with E-state index in [0.717, 1.165) is 11.8 Å². The van der Waals surface area contributed by atoms with E-state index in [2.05, 4.69) is 5.16 Å². The minimum atomic E-state index is -1.98. The van der Waals surface area contributed by atoms with Crippen molar-refractivity contribution in [2.24, 2.45) is 5.16 Å². The van der Waals surface area contributed by atoms with Crippen molar-refractivity contribution < 1.29 is 9.94 Å². The molecule has 2 atom stereocenters. The van der Waals surface area contributed by atoms with Gasteiger partial charge in [0, 0.05) is 0 Å². The van der Waals surface area contributed by atoms with Crippen molar-refractivity contribution in [2.45, 2.75) is 28.2 Å². The number of nitrogens with zero attached hydrogens (tertiary/aromatic N) is 2. The lowest BCUT2D eigenvalue weighted by atomic mass is 10.1. The Hall–Kier alpha value is 0.140. The molecule has 0 aliphatic carbocycles. The van der Waals surface area contributed by atoms with Gasteiger partial charge < -0.3 is 9.94 Å². The molecule has 1 N–H and O–H groups in total. The maximum Gasteiger partial charge on any atom is 0.287 e. The maximum absolute atomic E-state index is 9.79. The molecule has 0 fully saturated rings. The van der Waals surface area contributed by atoms with Crippen LogP contribution >= 0.6 is 46.6 Å². The third-order valence-corrected chi connectivity index (χ3v) is 3.49. The third-order valence-electron chi connectivity index (χ3n) is 1.88. The summed E-state index contributed by atoms with van der Waals surface area (Å²) in [6, 6.07) is 0. The average Bonchev–Trinajstić information content (AvgIpc) is 2.48. The summed E-state index contributed by atoms with van der Waals surface area (Å²) in [7, 11) is 0. The molecule has 0 aromatic heterocycles. The summed E-state index contributed by atoms with van der Waals surface area (Å²) >= 11 is 17.6. The normalized spacial score (nSPS) is 27.9. The number of aliphatic hydroxyl groups is 1. The maximum atomic E-state index is 9.79. The molecule has 1 aliphatic heterocycles. The molecule has 1 aliphatic rings. The highest BCUT2D eigenvalue weighted by molar-refractivity contribution is 8.04. The molecular weight excluding hydrogens is 283 g/mol. The lowest BCUT2D eigenvalue weighted by Gasteiger charge is -2.27. The molecule has 1 rings (SSSR count). The molecule has 1 heterocycles. The minimum Gasteiger partial charge on any atom is -0.355 e. The number of oxime groups is 1. The highest BCUT2D eigenvalue weighted by atomic mass is 35.6. The fourth-order valence-corrected chi connectivity index (χ4v) is 1.69. The van der Waals surface area contributed by atoms with Crippen LogP contribution in [-0.4, -0.2) is 25.6 Å². The van der Waals surface area contributed by atoms with Crippen LogP contribution in [0.25, 0.3) is 0 Å². The van der Waals surface area contributed by atoms with Gasteiger partial charge >= 0.3 is 0 Å². The van der Waals surface area contributed by atoms with Gasteiger partial charge in [-0.15, -0.1) is 0 Å². The van der Waals surface area contributed by atoms with Crippen LogP contribution in [0.2, 0.25) is 0 Å². The first-order chi connectivity index (χ1) is 6.80. The molecule has 84 valence electrons. The molecule has 0 bridgehead atoms. The van der Waals surface area contributed by atoms with E-state index in [0.29, 0.717) is 5.71 Å². The van der Waals surface area contributed by atoms with Gasteiger partial charge in [0.15, 0.2) is 0 Å². The quantitative estimate of drug-likeness (QED) is 0.626. The van der Waals surface area contributed by atoms with Crippen molar-refractivity contribution in [1.82, 2.24) is 0 Å². The van der Waals surface area contributed by atoms with Gasteiger partial charge in [0.2, 0.25) is 0 Å². The van der Waals surface area contributed by atoms with Gasteiger partial charge in [0.25, 0.3) is 9.58 Å². The smallest absolute Gasteiger partial charge is 0.287 e. The van der Waals surface area contributed by atoms with E-state index in [1.807, 2.05) is 5.40 Å². The third kappa shape index (κ3) is 2.83. The van der Waals surface area contributed by atoms with Gasteiger partial charge in [-0.3, -0.25) is 0 Å². The number of thiocyanates is 1. The molecule has 4 nitrogen and oxygen atoms in total. The van der Waals surface area contributed by atoms with Gasteiger partial charge in [-0.1, -0.05) is 40.0 Å². The standard InChI is InChI=1S/C7H7Cl3N2O2S/c1-4(15-3-11)5-2-6(13,14-12-5)7(8,9)10/h4,13H,2H2,1H3. The molecule has 0 amide bonds. The first-order valence-electron chi connectivity index (χ1n) is 3.89. The molecule has 0 spiro atoms. The topological polar surface area (TPSA) is 65.6 Å². The lowest BCUT2D eigenvalue weighted by molar-refractivity contribution is -0.181. The van der Waals surface area contributed by atoms with Crippen molar-refractivity contribution in [1.29, 1.82) is 5.26 Å². The summed E-state index contributed by atoms with van der Waals surface area (Å²) in [5.74, 6) is -1.95. The molecule has 0 saturated heterocycles. The highest BCUT2D eigenvalue weighted by Crippen LogP contribution is 2.44. The molecule has 0 saturated carbocycles. The van der Waals surface area contributed by atoms with Crippen LogP contribution in [0.15, 0.2) is 5.16 Å². The summed E-state index contributed by atoms with van der Waals surface area (Å²) in [5.41, 5.74) is 0.482. The van der Waals surface area contributed by atoms with Crippen molar-refractivity contribution in [3.8, 4) is 5.40 Å². The number of halogens is 3. The van der Waals surface area contributed by atoms with Crippen LogP contribution in [0.4, 0.5) is 0 Å². The SMILES string of the molecule is CC(SC#N)C1=NOC(O)(C(Cl)(Cl)Cl)C1. The van der Waals surface area contributed by atoms with Crippen molar-refractivity contribution in [3.05, 3.63) is 0 Å². The monoisotopic (exact) mass is 288 g/mol. The number of nitriles is 1. The number of rotatable bonds is 2. The highest BCUT2D eigenvalue weighted by Gasteiger charge is 2.54. The number of hydrogen-bond acceptors (Lipinski definition) is 5. The molecule has 15 heavy (non-hydrogen) atoms. The van der Waals surface area contributed by atoms with E-state index in [1.165, 1.54) is 0 Å². The molecule has 0 radical (unpaired) electrons. The molecule has 8 heteroatoms. The van der Waals surface area contributed by atoms with Crippen LogP contribution < -0.4 is 0 Å². The lowest BCUT2D eigenvalue weighted by Crippen LogP contribution is -2.43.